The number of aliphatic hydroxyl groups excluding tert-OH is 1. The normalized spacial score (nSPS) is 21.0. The van der Waals surface area contributed by atoms with Crippen LogP contribution in [0.1, 0.15) is 49.9 Å². The van der Waals surface area contributed by atoms with Gasteiger partial charge in [-0.25, -0.2) is 9.78 Å². The van der Waals surface area contributed by atoms with Crippen molar-refractivity contribution in [2.45, 2.75) is 57.0 Å². The Balaban J connectivity index is 1.41. The van der Waals surface area contributed by atoms with E-state index in [2.05, 4.69) is 9.97 Å². The van der Waals surface area contributed by atoms with Crippen LogP contribution < -0.4 is 10.3 Å². The summed E-state index contributed by atoms with van der Waals surface area (Å²) in [4.78, 5) is 32.7. The number of benzene rings is 1. The molecule has 184 valence electrons. The molecule has 5 rings (SSSR count). The number of aliphatic hydroxyl groups is 1. The minimum Gasteiger partial charge on any atom is -0.512 e. The number of rotatable bonds is 7. The molecular weight excluding hydrogens is 488 g/mol. The lowest BCUT2D eigenvalue weighted by Crippen LogP contribution is -2.46. The van der Waals surface area contributed by atoms with Gasteiger partial charge in [-0.2, -0.15) is 0 Å². The minimum absolute atomic E-state index is 0.0144. The van der Waals surface area contributed by atoms with Crippen LogP contribution in [0.5, 0.6) is 5.75 Å². The number of fused-ring (bicyclic) bond motifs is 1. The van der Waals surface area contributed by atoms with Gasteiger partial charge in [0, 0.05) is 12.8 Å². The van der Waals surface area contributed by atoms with Gasteiger partial charge in [-0.05, 0) is 60.7 Å². The van der Waals surface area contributed by atoms with Crippen LogP contribution >= 0.6 is 22.9 Å². The first-order chi connectivity index (χ1) is 16.9. The Bertz CT molecular complexity index is 1360. The molecule has 1 atom stereocenters. The summed E-state index contributed by atoms with van der Waals surface area (Å²) < 4.78 is 12.0. The molecule has 1 saturated carbocycles. The minimum atomic E-state index is -0.772. The van der Waals surface area contributed by atoms with E-state index < -0.39 is 11.6 Å². The topological polar surface area (TPSA) is 102 Å². The van der Waals surface area contributed by atoms with Crippen molar-refractivity contribution in [2.24, 2.45) is 5.92 Å². The lowest BCUT2D eigenvalue weighted by atomic mass is 9.76. The number of ether oxygens (including phenoxy) is 2. The number of esters is 1. The van der Waals surface area contributed by atoms with Gasteiger partial charge < -0.3 is 19.6 Å². The fraction of sp³-hybridized carbons (Fsp3) is 0.423. The molecule has 3 heterocycles. The zero-order valence-corrected chi connectivity index (χ0v) is 21.0. The second kappa shape index (κ2) is 9.66. The van der Waals surface area contributed by atoms with Crippen LogP contribution in [-0.2, 0) is 22.4 Å². The van der Waals surface area contributed by atoms with E-state index in [0.29, 0.717) is 39.7 Å². The van der Waals surface area contributed by atoms with E-state index >= 15 is 0 Å². The Morgan fingerprint density at radius 3 is 2.80 bits per heavy atom. The number of carbonyl (C=O) groups is 1. The number of aromatic amines is 1. The Morgan fingerprint density at radius 1 is 1.29 bits per heavy atom. The third-order valence-corrected chi connectivity index (χ3v) is 8.42. The maximum absolute atomic E-state index is 13.2. The molecule has 1 aromatic carbocycles. The first-order valence-electron chi connectivity index (χ1n) is 11.8. The molecule has 0 radical (unpaired) electrons. The van der Waals surface area contributed by atoms with E-state index in [4.69, 9.17) is 21.1 Å². The molecule has 0 spiro atoms. The maximum atomic E-state index is 13.2. The van der Waals surface area contributed by atoms with Crippen LogP contribution in [0.15, 0.2) is 45.8 Å². The number of thiophene rings is 1. The highest BCUT2D eigenvalue weighted by Gasteiger charge is 2.48. The highest BCUT2D eigenvalue weighted by molar-refractivity contribution is 7.17. The first kappa shape index (κ1) is 23.9. The van der Waals surface area contributed by atoms with Crippen LogP contribution in [0.3, 0.4) is 0 Å². The van der Waals surface area contributed by atoms with Crippen LogP contribution in [0, 0.1) is 5.92 Å². The highest BCUT2D eigenvalue weighted by Crippen LogP contribution is 2.46. The lowest BCUT2D eigenvalue weighted by molar-refractivity contribution is -0.167. The molecule has 0 saturated heterocycles. The second-order valence-electron chi connectivity index (χ2n) is 9.33. The smallest absolute Gasteiger partial charge is 0.338 e. The van der Waals surface area contributed by atoms with Crippen molar-refractivity contribution in [1.29, 1.82) is 0 Å². The molecule has 2 aliphatic rings. The van der Waals surface area contributed by atoms with Crippen molar-refractivity contribution in [3.05, 3.63) is 67.7 Å². The van der Waals surface area contributed by atoms with Crippen molar-refractivity contribution in [3.63, 3.8) is 0 Å². The SMILES string of the molecule is COc1ccc(CCC2(C3CCCC3)CC(O)=C(Cc3nc4ccsc4c(=O)[nH]3)C(=O)O2)cc1Cl. The number of hydrogen-bond acceptors (Lipinski definition) is 7. The summed E-state index contributed by atoms with van der Waals surface area (Å²) in [6.07, 6.45) is 5.60. The van der Waals surface area contributed by atoms with Gasteiger partial charge >= 0.3 is 5.97 Å². The number of H-pyrrole nitrogens is 1. The van der Waals surface area contributed by atoms with Gasteiger partial charge in [-0.3, -0.25) is 4.79 Å². The summed E-state index contributed by atoms with van der Waals surface area (Å²) in [6.45, 7) is 0. The number of aromatic nitrogens is 2. The van der Waals surface area contributed by atoms with Crippen molar-refractivity contribution in [1.82, 2.24) is 9.97 Å². The standard InChI is InChI=1S/C26H27ClN2O5S/c1-33-21-7-6-15(12-18(21)27)8-10-26(16-4-2-3-5-16)14-20(30)17(25(32)34-26)13-22-28-19-9-11-35-23(19)24(31)29-22/h6-7,9,11-12,16,30H,2-5,8,10,13-14H2,1H3,(H,28,29,31). The van der Waals surface area contributed by atoms with Gasteiger partial charge in [-0.15, -0.1) is 11.3 Å². The van der Waals surface area contributed by atoms with E-state index in [-0.39, 0.29) is 35.7 Å². The van der Waals surface area contributed by atoms with Gasteiger partial charge in [0.05, 0.1) is 23.2 Å². The fourth-order valence-electron chi connectivity index (χ4n) is 5.38. The third kappa shape index (κ3) is 4.69. The number of cyclic esters (lactones) is 1. The summed E-state index contributed by atoms with van der Waals surface area (Å²) in [5.74, 6) is 0.614. The number of aryl methyl sites for hydroxylation is 1. The molecule has 2 N–H and O–H groups in total. The molecule has 9 heteroatoms. The zero-order valence-electron chi connectivity index (χ0n) is 19.4. The number of nitrogens with one attached hydrogen (secondary N) is 1. The summed E-state index contributed by atoms with van der Waals surface area (Å²) >= 11 is 7.62. The van der Waals surface area contributed by atoms with E-state index in [1.807, 2.05) is 18.2 Å². The molecule has 1 aliphatic heterocycles. The van der Waals surface area contributed by atoms with E-state index in [9.17, 15) is 14.7 Å². The van der Waals surface area contributed by atoms with Gasteiger partial charge in [0.25, 0.3) is 5.56 Å². The Morgan fingerprint density at radius 2 is 2.09 bits per heavy atom. The molecule has 2 aromatic heterocycles. The van der Waals surface area contributed by atoms with Crippen LogP contribution in [0.25, 0.3) is 10.2 Å². The van der Waals surface area contributed by atoms with Crippen LogP contribution in [0.2, 0.25) is 5.02 Å². The average molecular weight is 515 g/mol. The van der Waals surface area contributed by atoms with Crippen molar-refractivity contribution in [3.8, 4) is 5.75 Å². The van der Waals surface area contributed by atoms with E-state index in [1.54, 1.807) is 18.6 Å². The number of methoxy groups -OCH3 is 1. The van der Waals surface area contributed by atoms with Crippen molar-refractivity contribution in [2.75, 3.05) is 7.11 Å². The largest absolute Gasteiger partial charge is 0.512 e. The number of nitrogens with zero attached hydrogens (tertiary/aromatic N) is 1. The average Bonchev–Trinajstić information content (AvgIpc) is 3.53. The number of halogens is 1. The molecule has 0 bridgehead atoms. The van der Waals surface area contributed by atoms with Gasteiger partial charge in [0.15, 0.2) is 0 Å². The maximum Gasteiger partial charge on any atom is 0.338 e. The number of carbonyl (C=O) groups excluding carboxylic acids is 1. The fourth-order valence-corrected chi connectivity index (χ4v) is 6.39. The zero-order chi connectivity index (χ0) is 24.6. The van der Waals surface area contributed by atoms with Gasteiger partial charge in [0.1, 0.15) is 27.6 Å². The Hall–Kier alpha value is -2.84. The monoisotopic (exact) mass is 514 g/mol. The van der Waals surface area contributed by atoms with Crippen molar-refractivity contribution >= 4 is 39.1 Å². The predicted molar refractivity (Wildman–Crippen MR) is 135 cm³/mol. The Labute approximate surface area is 211 Å². The molecule has 1 aliphatic carbocycles. The van der Waals surface area contributed by atoms with Crippen LogP contribution in [0.4, 0.5) is 0 Å². The predicted octanol–water partition coefficient (Wildman–Crippen LogP) is 5.51. The van der Waals surface area contributed by atoms with E-state index in [1.165, 1.54) is 11.3 Å². The van der Waals surface area contributed by atoms with Gasteiger partial charge in [-0.1, -0.05) is 30.5 Å². The van der Waals surface area contributed by atoms with Crippen LogP contribution in [-0.4, -0.2) is 33.8 Å². The molecule has 3 aromatic rings. The Kier molecular flexibility index (Phi) is 6.59. The summed E-state index contributed by atoms with van der Waals surface area (Å²) in [5, 5.41) is 13.4. The lowest BCUT2D eigenvalue weighted by Gasteiger charge is -2.42. The van der Waals surface area contributed by atoms with Crippen molar-refractivity contribution < 1.29 is 19.4 Å². The number of hydrogen-bond donors (Lipinski definition) is 2. The highest BCUT2D eigenvalue weighted by atomic mass is 35.5. The summed E-state index contributed by atoms with van der Waals surface area (Å²) in [7, 11) is 1.58. The molecule has 1 fully saturated rings. The quantitative estimate of drug-likeness (QED) is 0.403. The van der Waals surface area contributed by atoms with Gasteiger partial charge in [0.2, 0.25) is 0 Å². The molecule has 1 unspecified atom stereocenters. The first-order valence-corrected chi connectivity index (χ1v) is 13.1. The third-order valence-electron chi connectivity index (χ3n) is 7.22. The molecule has 0 amide bonds. The summed E-state index contributed by atoms with van der Waals surface area (Å²) in [6, 6.07) is 7.43. The second-order valence-corrected chi connectivity index (χ2v) is 10.7. The molecular formula is C26H27ClN2O5S. The van der Waals surface area contributed by atoms with E-state index in [0.717, 1.165) is 31.2 Å². The molecule has 7 nitrogen and oxygen atoms in total. The summed E-state index contributed by atoms with van der Waals surface area (Å²) in [5.41, 5.74) is 0.735. The molecule has 35 heavy (non-hydrogen) atoms.